The monoisotopic (exact) mass is 196 g/mol. The number of aryl methyl sites for hydroxylation is 2. The van der Waals surface area contributed by atoms with Crippen molar-refractivity contribution in [2.24, 2.45) is 0 Å². The van der Waals surface area contributed by atoms with Gasteiger partial charge in [-0.15, -0.1) is 0 Å². The maximum atomic E-state index is 5.56. The minimum atomic E-state index is 0.902. The summed E-state index contributed by atoms with van der Waals surface area (Å²) in [7, 11) is 1.69. The van der Waals surface area contributed by atoms with Crippen LogP contribution in [0.15, 0.2) is 10.5 Å². The zero-order valence-electron chi connectivity index (χ0n) is 9.43. The van der Waals surface area contributed by atoms with Crippen molar-refractivity contribution in [1.82, 2.24) is 0 Å². The Hall–Kier alpha value is -0.920. The Kier molecular flexibility index (Phi) is 4.57. The summed E-state index contributed by atoms with van der Waals surface area (Å²) in [5.41, 5.74) is 0. The zero-order chi connectivity index (χ0) is 10.4. The summed E-state index contributed by atoms with van der Waals surface area (Å²) < 4.78 is 10.8. The number of unbranched alkanes of at least 4 members (excludes halogenated alkanes) is 3. The average molecular weight is 196 g/mol. The van der Waals surface area contributed by atoms with Crippen LogP contribution < -0.4 is 4.74 Å². The van der Waals surface area contributed by atoms with E-state index >= 15 is 0 Å². The Morgan fingerprint density at radius 2 is 2.07 bits per heavy atom. The molecule has 0 bridgehead atoms. The molecule has 1 aromatic rings. The third-order valence-corrected chi connectivity index (χ3v) is 2.37. The highest BCUT2D eigenvalue weighted by Gasteiger charge is 2.08. The van der Waals surface area contributed by atoms with Gasteiger partial charge in [0.1, 0.15) is 11.5 Å². The molecule has 0 saturated carbocycles. The summed E-state index contributed by atoms with van der Waals surface area (Å²) >= 11 is 0. The second-order valence-electron chi connectivity index (χ2n) is 3.66. The number of furan rings is 1. The SMILES string of the molecule is CCCCCCc1oc(C)cc1OC. The first kappa shape index (κ1) is 11.2. The number of hydrogen-bond donors (Lipinski definition) is 0. The third-order valence-electron chi connectivity index (χ3n) is 2.37. The van der Waals surface area contributed by atoms with E-state index in [9.17, 15) is 0 Å². The smallest absolute Gasteiger partial charge is 0.160 e. The van der Waals surface area contributed by atoms with E-state index in [2.05, 4.69) is 6.92 Å². The number of rotatable bonds is 6. The standard InChI is InChI=1S/C12H20O2/c1-4-5-6-7-8-11-12(13-3)9-10(2)14-11/h9H,4-8H2,1-3H3. The van der Waals surface area contributed by atoms with Crippen molar-refractivity contribution >= 4 is 0 Å². The zero-order valence-corrected chi connectivity index (χ0v) is 9.43. The van der Waals surface area contributed by atoms with Crippen molar-refractivity contribution < 1.29 is 9.15 Å². The Bertz CT molecular complexity index is 263. The molecule has 0 aliphatic heterocycles. The quantitative estimate of drug-likeness (QED) is 0.647. The predicted octanol–water partition coefficient (Wildman–Crippen LogP) is 3.72. The maximum absolute atomic E-state index is 5.56. The molecule has 1 rings (SSSR count). The molecule has 0 fully saturated rings. The second-order valence-corrected chi connectivity index (χ2v) is 3.66. The first-order valence-electron chi connectivity index (χ1n) is 5.41. The lowest BCUT2D eigenvalue weighted by Crippen LogP contribution is -1.88. The normalized spacial score (nSPS) is 10.5. The van der Waals surface area contributed by atoms with E-state index in [1.165, 1.54) is 25.7 Å². The van der Waals surface area contributed by atoms with Gasteiger partial charge in [-0.25, -0.2) is 0 Å². The van der Waals surface area contributed by atoms with E-state index in [1.54, 1.807) is 7.11 Å². The molecule has 0 aliphatic rings. The molecular weight excluding hydrogens is 176 g/mol. The van der Waals surface area contributed by atoms with Crippen LogP contribution in [0.5, 0.6) is 5.75 Å². The van der Waals surface area contributed by atoms with Crippen molar-refractivity contribution in [2.75, 3.05) is 7.11 Å². The fourth-order valence-electron chi connectivity index (χ4n) is 1.60. The Morgan fingerprint density at radius 1 is 1.29 bits per heavy atom. The molecule has 0 amide bonds. The summed E-state index contributed by atoms with van der Waals surface area (Å²) in [6.07, 6.45) is 6.05. The topological polar surface area (TPSA) is 22.4 Å². The van der Waals surface area contributed by atoms with Crippen LogP contribution in [-0.4, -0.2) is 7.11 Å². The van der Waals surface area contributed by atoms with E-state index < -0.39 is 0 Å². The van der Waals surface area contributed by atoms with Crippen molar-refractivity contribution in [3.05, 3.63) is 17.6 Å². The molecule has 1 aromatic heterocycles. The van der Waals surface area contributed by atoms with Crippen molar-refractivity contribution in [2.45, 2.75) is 46.0 Å². The first-order chi connectivity index (χ1) is 6.77. The Balaban J connectivity index is 2.41. The van der Waals surface area contributed by atoms with Crippen LogP contribution in [0.4, 0.5) is 0 Å². The lowest BCUT2D eigenvalue weighted by atomic mass is 10.1. The van der Waals surface area contributed by atoms with E-state index in [1.807, 2.05) is 13.0 Å². The van der Waals surface area contributed by atoms with Gasteiger partial charge in [0, 0.05) is 12.5 Å². The van der Waals surface area contributed by atoms with E-state index in [0.717, 1.165) is 23.7 Å². The maximum Gasteiger partial charge on any atom is 0.160 e. The first-order valence-corrected chi connectivity index (χ1v) is 5.41. The van der Waals surface area contributed by atoms with Gasteiger partial charge in [-0.3, -0.25) is 0 Å². The Labute approximate surface area is 86.3 Å². The number of ether oxygens (including phenoxy) is 1. The molecule has 0 atom stereocenters. The summed E-state index contributed by atoms with van der Waals surface area (Å²) in [5, 5.41) is 0. The molecule has 0 N–H and O–H groups in total. The van der Waals surface area contributed by atoms with Gasteiger partial charge in [0.05, 0.1) is 7.11 Å². The highest BCUT2D eigenvalue weighted by Crippen LogP contribution is 2.24. The molecule has 0 unspecified atom stereocenters. The molecule has 0 saturated heterocycles. The van der Waals surface area contributed by atoms with Gasteiger partial charge in [0.15, 0.2) is 5.75 Å². The van der Waals surface area contributed by atoms with Crippen LogP contribution >= 0.6 is 0 Å². The molecule has 1 heterocycles. The lowest BCUT2D eigenvalue weighted by molar-refractivity contribution is 0.385. The van der Waals surface area contributed by atoms with Crippen LogP contribution in [0.2, 0.25) is 0 Å². The lowest BCUT2D eigenvalue weighted by Gasteiger charge is -2.00. The van der Waals surface area contributed by atoms with Crippen LogP contribution in [0.25, 0.3) is 0 Å². The molecule has 2 heteroatoms. The summed E-state index contributed by atoms with van der Waals surface area (Å²) in [4.78, 5) is 0. The highest BCUT2D eigenvalue weighted by atomic mass is 16.5. The predicted molar refractivity (Wildman–Crippen MR) is 57.8 cm³/mol. The molecule has 14 heavy (non-hydrogen) atoms. The third kappa shape index (κ3) is 3.09. The highest BCUT2D eigenvalue weighted by molar-refractivity contribution is 5.28. The van der Waals surface area contributed by atoms with Gasteiger partial charge in [-0.05, 0) is 13.3 Å². The molecule has 0 aliphatic carbocycles. The number of methoxy groups -OCH3 is 1. The minimum absolute atomic E-state index is 0.902. The summed E-state index contributed by atoms with van der Waals surface area (Å²) in [5.74, 6) is 2.84. The fourth-order valence-corrected chi connectivity index (χ4v) is 1.60. The molecular formula is C12H20O2. The van der Waals surface area contributed by atoms with Crippen LogP contribution in [-0.2, 0) is 6.42 Å². The van der Waals surface area contributed by atoms with Gasteiger partial charge in [0.25, 0.3) is 0 Å². The number of hydrogen-bond acceptors (Lipinski definition) is 2. The van der Waals surface area contributed by atoms with Gasteiger partial charge in [-0.1, -0.05) is 26.2 Å². The average Bonchev–Trinajstić information content (AvgIpc) is 2.54. The molecule has 2 nitrogen and oxygen atoms in total. The van der Waals surface area contributed by atoms with Gasteiger partial charge >= 0.3 is 0 Å². The van der Waals surface area contributed by atoms with Crippen LogP contribution in [0.1, 0.15) is 44.1 Å². The molecule has 80 valence electrons. The van der Waals surface area contributed by atoms with E-state index in [-0.39, 0.29) is 0 Å². The van der Waals surface area contributed by atoms with Crippen LogP contribution in [0, 0.1) is 6.92 Å². The van der Waals surface area contributed by atoms with Crippen molar-refractivity contribution in [3.8, 4) is 5.75 Å². The molecule has 0 spiro atoms. The summed E-state index contributed by atoms with van der Waals surface area (Å²) in [6.45, 7) is 4.18. The van der Waals surface area contributed by atoms with Crippen molar-refractivity contribution in [3.63, 3.8) is 0 Å². The van der Waals surface area contributed by atoms with Crippen LogP contribution in [0.3, 0.4) is 0 Å². The largest absolute Gasteiger partial charge is 0.493 e. The van der Waals surface area contributed by atoms with E-state index in [0.29, 0.717) is 0 Å². The van der Waals surface area contributed by atoms with Gasteiger partial charge < -0.3 is 9.15 Å². The molecule has 0 radical (unpaired) electrons. The van der Waals surface area contributed by atoms with Crippen molar-refractivity contribution in [1.29, 1.82) is 0 Å². The van der Waals surface area contributed by atoms with E-state index in [4.69, 9.17) is 9.15 Å². The van der Waals surface area contributed by atoms with Gasteiger partial charge in [0.2, 0.25) is 0 Å². The second kappa shape index (κ2) is 5.74. The molecule has 0 aromatic carbocycles. The fraction of sp³-hybridized carbons (Fsp3) is 0.667. The van der Waals surface area contributed by atoms with Gasteiger partial charge in [-0.2, -0.15) is 0 Å². The minimum Gasteiger partial charge on any atom is -0.493 e. The summed E-state index contributed by atoms with van der Waals surface area (Å²) in [6, 6.07) is 1.95. The Morgan fingerprint density at radius 3 is 2.71 bits per heavy atom.